The first kappa shape index (κ1) is 14.9. The van der Waals surface area contributed by atoms with E-state index in [-0.39, 0.29) is 12.0 Å². The third kappa shape index (κ3) is 3.75. The van der Waals surface area contributed by atoms with Crippen molar-refractivity contribution in [3.05, 3.63) is 59.7 Å². The van der Waals surface area contributed by atoms with Gasteiger partial charge in [-0.1, -0.05) is 12.1 Å². The van der Waals surface area contributed by atoms with Crippen LogP contribution in [0, 0.1) is 0 Å². The van der Waals surface area contributed by atoms with Crippen LogP contribution in [0.15, 0.2) is 48.5 Å². The number of rotatable bonds is 5. The van der Waals surface area contributed by atoms with Gasteiger partial charge in [0.1, 0.15) is 5.75 Å². The fraction of sp³-hybridized carbons (Fsp3) is 0.235. The van der Waals surface area contributed by atoms with Gasteiger partial charge in [0.05, 0.1) is 19.8 Å². The van der Waals surface area contributed by atoms with E-state index in [0.717, 1.165) is 17.0 Å². The summed E-state index contributed by atoms with van der Waals surface area (Å²) in [4.78, 5) is 11.4. The van der Waals surface area contributed by atoms with E-state index in [4.69, 9.17) is 4.74 Å². The minimum Gasteiger partial charge on any atom is -0.497 e. The number of benzene rings is 2. The molecule has 0 aliphatic rings. The Bertz CT molecular complexity index is 608. The van der Waals surface area contributed by atoms with Gasteiger partial charge in [0.25, 0.3) is 0 Å². The summed E-state index contributed by atoms with van der Waals surface area (Å²) in [5.74, 6) is 0.504. The molecule has 1 N–H and O–H groups in total. The lowest BCUT2D eigenvalue weighted by molar-refractivity contribution is 0.0601. The van der Waals surface area contributed by atoms with Crippen molar-refractivity contribution in [2.75, 3.05) is 19.5 Å². The van der Waals surface area contributed by atoms with Gasteiger partial charge in [-0.2, -0.15) is 0 Å². The number of esters is 1. The molecule has 0 amide bonds. The molecular formula is C17H19NO3. The Labute approximate surface area is 124 Å². The van der Waals surface area contributed by atoms with E-state index in [1.807, 2.05) is 36.4 Å². The summed E-state index contributed by atoms with van der Waals surface area (Å²) < 4.78 is 9.91. The molecule has 0 saturated carbocycles. The molecule has 0 bridgehead atoms. The van der Waals surface area contributed by atoms with Gasteiger partial charge < -0.3 is 14.8 Å². The summed E-state index contributed by atoms with van der Waals surface area (Å²) in [5, 5.41) is 3.39. The molecule has 21 heavy (non-hydrogen) atoms. The molecule has 0 saturated heterocycles. The lowest BCUT2D eigenvalue weighted by Crippen LogP contribution is -2.07. The van der Waals surface area contributed by atoms with Crippen molar-refractivity contribution in [3.8, 4) is 5.75 Å². The minimum atomic E-state index is -0.331. The maximum atomic E-state index is 11.4. The predicted octanol–water partition coefficient (Wildman–Crippen LogP) is 3.65. The molecule has 110 valence electrons. The molecular weight excluding hydrogens is 266 g/mol. The number of ether oxygens (including phenoxy) is 2. The molecule has 0 aliphatic carbocycles. The molecule has 2 aromatic rings. The Balaban J connectivity index is 2.08. The fourth-order valence-corrected chi connectivity index (χ4v) is 2.06. The molecule has 0 aromatic heterocycles. The van der Waals surface area contributed by atoms with E-state index in [1.54, 1.807) is 19.2 Å². The second kappa shape index (κ2) is 6.79. The fourth-order valence-electron chi connectivity index (χ4n) is 2.06. The maximum Gasteiger partial charge on any atom is 0.337 e. The maximum absolute atomic E-state index is 11.4. The van der Waals surface area contributed by atoms with Crippen molar-refractivity contribution < 1.29 is 14.3 Å². The molecule has 0 radical (unpaired) electrons. The Morgan fingerprint density at radius 2 is 1.81 bits per heavy atom. The Morgan fingerprint density at radius 1 is 1.10 bits per heavy atom. The number of hydrogen-bond acceptors (Lipinski definition) is 4. The lowest BCUT2D eigenvalue weighted by atomic mass is 10.1. The van der Waals surface area contributed by atoms with Crippen LogP contribution in [0.3, 0.4) is 0 Å². The number of carbonyl (C=O) groups is 1. The molecule has 4 heteroatoms. The first-order valence-electron chi connectivity index (χ1n) is 6.73. The molecule has 2 aromatic carbocycles. The monoisotopic (exact) mass is 285 g/mol. The average Bonchev–Trinajstić information content (AvgIpc) is 2.54. The third-order valence-corrected chi connectivity index (χ3v) is 3.28. The predicted molar refractivity (Wildman–Crippen MR) is 82.8 cm³/mol. The Morgan fingerprint density at radius 3 is 2.43 bits per heavy atom. The normalized spacial score (nSPS) is 11.6. The third-order valence-electron chi connectivity index (χ3n) is 3.28. The summed E-state index contributed by atoms with van der Waals surface area (Å²) in [7, 11) is 3.03. The van der Waals surface area contributed by atoms with Crippen LogP contribution in [0.4, 0.5) is 5.69 Å². The van der Waals surface area contributed by atoms with Crippen LogP contribution in [-0.2, 0) is 4.74 Å². The largest absolute Gasteiger partial charge is 0.497 e. The van der Waals surface area contributed by atoms with Crippen LogP contribution in [0.2, 0.25) is 0 Å². The quantitative estimate of drug-likeness (QED) is 0.852. The molecule has 1 atom stereocenters. The van der Waals surface area contributed by atoms with Crippen LogP contribution in [-0.4, -0.2) is 20.2 Å². The lowest BCUT2D eigenvalue weighted by Gasteiger charge is -2.16. The van der Waals surface area contributed by atoms with E-state index >= 15 is 0 Å². The number of nitrogens with one attached hydrogen (secondary N) is 1. The van der Waals surface area contributed by atoms with E-state index in [1.165, 1.54) is 7.11 Å². The first-order valence-corrected chi connectivity index (χ1v) is 6.73. The minimum absolute atomic E-state index is 0.129. The molecule has 0 aliphatic heterocycles. The van der Waals surface area contributed by atoms with E-state index in [9.17, 15) is 4.79 Å². The van der Waals surface area contributed by atoms with Crippen molar-refractivity contribution in [1.82, 2.24) is 0 Å². The van der Waals surface area contributed by atoms with Crippen molar-refractivity contribution in [2.24, 2.45) is 0 Å². The number of methoxy groups -OCH3 is 2. The zero-order valence-corrected chi connectivity index (χ0v) is 12.4. The van der Waals surface area contributed by atoms with Crippen molar-refractivity contribution in [3.63, 3.8) is 0 Å². The van der Waals surface area contributed by atoms with E-state index in [0.29, 0.717) is 5.56 Å². The Kier molecular flexibility index (Phi) is 4.82. The summed E-state index contributed by atoms with van der Waals surface area (Å²) in [6, 6.07) is 15.3. The van der Waals surface area contributed by atoms with Crippen LogP contribution in [0.1, 0.15) is 28.9 Å². The number of carbonyl (C=O) groups excluding carboxylic acids is 1. The van der Waals surface area contributed by atoms with Gasteiger partial charge in [-0.3, -0.25) is 0 Å². The van der Waals surface area contributed by atoms with Crippen molar-refractivity contribution >= 4 is 11.7 Å². The highest BCUT2D eigenvalue weighted by molar-refractivity contribution is 5.89. The van der Waals surface area contributed by atoms with Crippen molar-refractivity contribution in [2.45, 2.75) is 13.0 Å². The SMILES string of the molecule is COC(=O)c1ccc(NC(C)c2cccc(OC)c2)cc1. The molecule has 0 spiro atoms. The second-order valence-corrected chi connectivity index (χ2v) is 4.71. The van der Waals surface area contributed by atoms with Gasteiger partial charge in [0, 0.05) is 11.7 Å². The molecule has 0 heterocycles. The van der Waals surface area contributed by atoms with Crippen LogP contribution in [0.25, 0.3) is 0 Å². The standard InChI is InChI=1S/C17H19NO3/c1-12(14-5-4-6-16(11-14)20-2)18-15-9-7-13(8-10-15)17(19)21-3/h4-12,18H,1-3H3. The molecule has 0 fully saturated rings. The summed E-state index contributed by atoms with van der Waals surface area (Å²) in [6.45, 7) is 2.07. The van der Waals surface area contributed by atoms with Crippen LogP contribution in [0.5, 0.6) is 5.75 Å². The highest BCUT2D eigenvalue weighted by Crippen LogP contribution is 2.23. The van der Waals surface area contributed by atoms with E-state index in [2.05, 4.69) is 17.0 Å². The summed E-state index contributed by atoms with van der Waals surface area (Å²) in [6.07, 6.45) is 0. The zero-order valence-electron chi connectivity index (χ0n) is 12.4. The Hall–Kier alpha value is -2.49. The van der Waals surface area contributed by atoms with Gasteiger partial charge in [-0.25, -0.2) is 4.79 Å². The van der Waals surface area contributed by atoms with E-state index < -0.39 is 0 Å². The number of anilines is 1. The highest BCUT2D eigenvalue weighted by Gasteiger charge is 2.08. The smallest absolute Gasteiger partial charge is 0.337 e. The molecule has 2 rings (SSSR count). The van der Waals surface area contributed by atoms with Crippen LogP contribution >= 0.6 is 0 Å². The molecule has 4 nitrogen and oxygen atoms in total. The van der Waals surface area contributed by atoms with Gasteiger partial charge >= 0.3 is 5.97 Å². The van der Waals surface area contributed by atoms with Gasteiger partial charge in [0.2, 0.25) is 0 Å². The number of hydrogen-bond donors (Lipinski definition) is 1. The average molecular weight is 285 g/mol. The topological polar surface area (TPSA) is 47.6 Å². The molecule has 1 unspecified atom stereocenters. The summed E-state index contributed by atoms with van der Waals surface area (Å²) >= 11 is 0. The zero-order chi connectivity index (χ0) is 15.2. The van der Waals surface area contributed by atoms with Gasteiger partial charge in [0.15, 0.2) is 0 Å². The van der Waals surface area contributed by atoms with Crippen LogP contribution < -0.4 is 10.1 Å². The van der Waals surface area contributed by atoms with Crippen molar-refractivity contribution in [1.29, 1.82) is 0 Å². The van der Waals surface area contributed by atoms with Gasteiger partial charge in [-0.05, 0) is 48.9 Å². The second-order valence-electron chi connectivity index (χ2n) is 4.71. The first-order chi connectivity index (χ1) is 10.1. The summed E-state index contributed by atoms with van der Waals surface area (Å²) in [5.41, 5.74) is 2.61. The van der Waals surface area contributed by atoms with Gasteiger partial charge in [-0.15, -0.1) is 0 Å². The highest BCUT2D eigenvalue weighted by atomic mass is 16.5.